The van der Waals surface area contributed by atoms with Gasteiger partial charge in [-0.1, -0.05) is 45.0 Å². The molecule has 1 atom stereocenters. The molecule has 5 heteroatoms. The molecule has 31 heavy (non-hydrogen) atoms. The zero-order valence-corrected chi connectivity index (χ0v) is 19.3. The summed E-state index contributed by atoms with van der Waals surface area (Å²) >= 11 is 0. The fraction of sp³-hybridized carbons (Fsp3) is 0.423. The van der Waals surface area contributed by atoms with Gasteiger partial charge in [0.05, 0.1) is 25.3 Å². The molecular weight excluding hydrogens is 391 g/mol. The minimum atomic E-state index is -0.967. The lowest BCUT2D eigenvalue weighted by atomic mass is 9.85. The third-order valence-corrected chi connectivity index (χ3v) is 5.75. The van der Waals surface area contributed by atoms with Gasteiger partial charge in [0.15, 0.2) is 0 Å². The van der Waals surface area contributed by atoms with Crippen molar-refractivity contribution in [1.82, 2.24) is 4.57 Å². The van der Waals surface area contributed by atoms with Crippen LogP contribution in [0.4, 0.5) is 4.39 Å². The van der Waals surface area contributed by atoms with Crippen LogP contribution < -0.4 is 5.73 Å². The first kappa shape index (κ1) is 23.0. The second-order valence-corrected chi connectivity index (χ2v) is 9.09. The molecular formula is C26H34FN2O2+. The number of quaternary nitrogens is 1. The number of benzene rings is 2. The molecule has 1 heterocycles. The van der Waals surface area contributed by atoms with E-state index in [-0.39, 0.29) is 17.9 Å². The Morgan fingerprint density at radius 2 is 1.94 bits per heavy atom. The number of halogens is 1. The van der Waals surface area contributed by atoms with Gasteiger partial charge in [0.25, 0.3) is 0 Å². The molecule has 1 aromatic heterocycles. The van der Waals surface area contributed by atoms with Crippen molar-refractivity contribution in [3.05, 3.63) is 59.3 Å². The summed E-state index contributed by atoms with van der Waals surface area (Å²) in [6.45, 7) is 11.5. The Morgan fingerprint density at radius 3 is 2.58 bits per heavy atom. The number of alkyl halides is 1. The monoisotopic (exact) mass is 425 g/mol. The van der Waals surface area contributed by atoms with Crippen molar-refractivity contribution in [3.8, 4) is 11.1 Å². The summed E-state index contributed by atoms with van der Waals surface area (Å²) in [4.78, 5) is 12.4. The van der Waals surface area contributed by atoms with Crippen LogP contribution in [0.15, 0.2) is 42.5 Å². The van der Waals surface area contributed by atoms with E-state index in [0.717, 1.165) is 27.7 Å². The molecule has 0 aliphatic carbocycles. The molecule has 0 radical (unpaired) electrons. The summed E-state index contributed by atoms with van der Waals surface area (Å²) in [5, 5.41) is 0.941. The predicted molar refractivity (Wildman–Crippen MR) is 124 cm³/mol. The summed E-state index contributed by atoms with van der Waals surface area (Å²) in [6, 6.07) is 14.0. The van der Waals surface area contributed by atoms with E-state index in [4.69, 9.17) is 4.74 Å². The standard InChI is InChI=1S/C26H33FN2O2/c1-6-31-25(30)19-10-11-23-22(15-19)24(17(2)29(23)16-21(27)12-13-28)18-8-7-9-20(14-18)26(3,4)5/h7-11,14-15,21H,6,12-13,16,28H2,1-5H3/p+1. The number of aromatic nitrogens is 1. The Labute approximate surface area is 184 Å². The molecule has 0 amide bonds. The summed E-state index contributed by atoms with van der Waals surface area (Å²) < 4.78 is 21.8. The van der Waals surface area contributed by atoms with Crippen LogP contribution in [-0.2, 0) is 16.7 Å². The van der Waals surface area contributed by atoms with Crippen molar-refractivity contribution in [3.63, 3.8) is 0 Å². The summed E-state index contributed by atoms with van der Waals surface area (Å²) in [6.07, 6.45) is -0.542. The minimum Gasteiger partial charge on any atom is -0.462 e. The van der Waals surface area contributed by atoms with Crippen molar-refractivity contribution < 1.29 is 19.7 Å². The maximum atomic E-state index is 14.6. The highest BCUT2D eigenvalue weighted by molar-refractivity contribution is 6.02. The molecule has 166 valence electrons. The van der Waals surface area contributed by atoms with Crippen LogP contribution in [0.25, 0.3) is 22.0 Å². The van der Waals surface area contributed by atoms with Crippen molar-refractivity contribution in [2.75, 3.05) is 13.2 Å². The number of rotatable bonds is 7. The number of ether oxygens (including phenoxy) is 1. The molecule has 0 aliphatic rings. The van der Waals surface area contributed by atoms with Crippen molar-refractivity contribution in [2.45, 2.75) is 59.2 Å². The van der Waals surface area contributed by atoms with Crippen molar-refractivity contribution in [1.29, 1.82) is 0 Å². The highest BCUT2D eigenvalue weighted by Gasteiger charge is 2.22. The number of carbonyl (C=O) groups is 1. The van der Waals surface area contributed by atoms with Gasteiger partial charge < -0.3 is 15.0 Å². The van der Waals surface area contributed by atoms with E-state index in [1.54, 1.807) is 13.0 Å². The van der Waals surface area contributed by atoms with Gasteiger partial charge in [0, 0.05) is 28.6 Å². The first-order chi connectivity index (χ1) is 14.7. The minimum absolute atomic E-state index is 0.0105. The van der Waals surface area contributed by atoms with Crippen LogP contribution in [-0.4, -0.2) is 29.9 Å². The van der Waals surface area contributed by atoms with E-state index in [0.29, 0.717) is 25.1 Å². The summed E-state index contributed by atoms with van der Waals surface area (Å²) in [7, 11) is 0. The Balaban J connectivity index is 2.24. The quantitative estimate of drug-likeness (QED) is 0.538. The van der Waals surface area contributed by atoms with Crippen LogP contribution >= 0.6 is 0 Å². The molecule has 0 bridgehead atoms. The first-order valence-electron chi connectivity index (χ1n) is 11.0. The molecule has 3 aromatic rings. The highest BCUT2D eigenvalue weighted by atomic mass is 19.1. The lowest BCUT2D eigenvalue weighted by Crippen LogP contribution is -2.51. The Morgan fingerprint density at radius 1 is 1.19 bits per heavy atom. The zero-order valence-electron chi connectivity index (χ0n) is 19.3. The maximum Gasteiger partial charge on any atom is 0.338 e. The van der Waals surface area contributed by atoms with Gasteiger partial charge in [-0.05, 0) is 48.6 Å². The number of esters is 1. The molecule has 3 rings (SSSR count). The third kappa shape index (κ3) is 4.82. The van der Waals surface area contributed by atoms with Crippen molar-refractivity contribution >= 4 is 16.9 Å². The second kappa shape index (κ2) is 9.23. The van der Waals surface area contributed by atoms with Gasteiger partial charge in [-0.15, -0.1) is 0 Å². The molecule has 4 nitrogen and oxygen atoms in total. The van der Waals surface area contributed by atoms with Gasteiger partial charge >= 0.3 is 5.97 Å². The molecule has 3 N–H and O–H groups in total. The maximum absolute atomic E-state index is 14.6. The van der Waals surface area contributed by atoms with Gasteiger partial charge in [0.1, 0.15) is 6.17 Å². The van der Waals surface area contributed by atoms with E-state index in [2.05, 4.69) is 50.8 Å². The number of hydrogen-bond donors (Lipinski definition) is 1. The molecule has 0 saturated heterocycles. The van der Waals surface area contributed by atoms with E-state index in [9.17, 15) is 9.18 Å². The molecule has 1 unspecified atom stereocenters. The average molecular weight is 426 g/mol. The number of hydrogen-bond acceptors (Lipinski definition) is 2. The molecule has 0 spiro atoms. The lowest BCUT2D eigenvalue weighted by molar-refractivity contribution is -0.370. The Bertz CT molecular complexity index is 1080. The topological polar surface area (TPSA) is 58.9 Å². The third-order valence-electron chi connectivity index (χ3n) is 5.75. The van der Waals surface area contributed by atoms with Gasteiger partial charge in [-0.2, -0.15) is 0 Å². The predicted octanol–water partition coefficient (Wildman–Crippen LogP) is 5.06. The van der Waals surface area contributed by atoms with E-state index in [1.807, 2.05) is 23.6 Å². The van der Waals surface area contributed by atoms with E-state index >= 15 is 0 Å². The number of carbonyl (C=O) groups excluding carboxylic acids is 1. The van der Waals surface area contributed by atoms with Crippen LogP contribution in [0.3, 0.4) is 0 Å². The Hall–Kier alpha value is -2.66. The van der Waals surface area contributed by atoms with Gasteiger partial charge in [0.2, 0.25) is 0 Å². The van der Waals surface area contributed by atoms with Crippen molar-refractivity contribution in [2.24, 2.45) is 0 Å². The average Bonchev–Trinajstić information content (AvgIpc) is 2.98. The van der Waals surface area contributed by atoms with Gasteiger partial charge in [-0.25, -0.2) is 9.18 Å². The van der Waals surface area contributed by atoms with E-state index < -0.39 is 6.17 Å². The number of fused-ring (bicyclic) bond motifs is 1. The van der Waals surface area contributed by atoms with E-state index in [1.165, 1.54) is 5.56 Å². The van der Waals surface area contributed by atoms with Crippen LogP contribution in [0.5, 0.6) is 0 Å². The lowest BCUT2D eigenvalue weighted by Gasteiger charge is -2.20. The SMILES string of the molecule is CCOC(=O)c1ccc2c(c1)c(-c1cccc(C(C)(C)C)c1)c(C)n2CC(F)CC[NH3+]. The van der Waals surface area contributed by atoms with Crippen LogP contribution in [0.2, 0.25) is 0 Å². The van der Waals surface area contributed by atoms with Gasteiger partial charge in [-0.3, -0.25) is 0 Å². The van der Waals surface area contributed by atoms with Crippen LogP contribution in [0.1, 0.15) is 55.7 Å². The molecule has 0 fully saturated rings. The fourth-order valence-electron chi connectivity index (χ4n) is 4.08. The fourth-order valence-corrected chi connectivity index (χ4v) is 4.08. The summed E-state index contributed by atoms with van der Waals surface area (Å²) in [5.41, 5.74) is 9.56. The zero-order chi connectivity index (χ0) is 22.8. The molecule has 0 saturated carbocycles. The molecule has 0 aliphatic heterocycles. The van der Waals surface area contributed by atoms with Crippen LogP contribution in [0, 0.1) is 6.92 Å². The first-order valence-corrected chi connectivity index (χ1v) is 11.0. The summed E-state index contributed by atoms with van der Waals surface area (Å²) in [5.74, 6) is -0.343. The second-order valence-electron chi connectivity index (χ2n) is 9.09. The Kier molecular flexibility index (Phi) is 6.85. The normalized spacial score (nSPS) is 12.9. The highest BCUT2D eigenvalue weighted by Crippen LogP contribution is 2.37. The molecule has 2 aromatic carbocycles. The number of nitrogens with zero attached hydrogens (tertiary/aromatic N) is 1. The smallest absolute Gasteiger partial charge is 0.338 e. The largest absolute Gasteiger partial charge is 0.462 e.